The predicted octanol–water partition coefficient (Wildman–Crippen LogP) is 4.76. The molecule has 0 unspecified atom stereocenters. The summed E-state index contributed by atoms with van der Waals surface area (Å²) < 4.78 is 47.5. The molecule has 3 fully saturated rings. The molecule has 1 aromatic heterocycles. The molecule has 1 aliphatic heterocycles. The van der Waals surface area contributed by atoms with Gasteiger partial charge in [0.15, 0.2) is 0 Å². The number of amides is 1. The summed E-state index contributed by atoms with van der Waals surface area (Å²) in [6.07, 6.45) is 8.58. The van der Waals surface area contributed by atoms with Gasteiger partial charge >= 0.3 is 6.09 Å². The minimum Gasteiger partial charge on any atom is -0.450 e. The number of carbonyl (C=O) groups excluding carboxylic acids is 1. The summed E-state index contributed by atoms with van der Waals surface area (Å²) >= 11 is 0. The Hall–Kier alpha value is -2.78. The Bertz CT molecular complexity index is 1270. The largest absolute Gasteiger partial charge is 0.450 e. The van der Waals surface area contributed by atoms with Crippen molar-refractivity contribution in [1.29, 1.82) is 0 Å². The first-order valence-electron chi connectivity index (χ1n) is 13.1. The van der Waals surface area contributed by atoms with Crippen molar-refractivity contribution in [2.24, 2.45) is 23.7 Å². The van der Waals surface area contributed by atoms with Crippen LogP contribution in [0, 0.1) is 29.5 Å². The number of nitrogens with one attached hydrogen (secondary N) is 2. The van der Waals surface area contributed by atoms with Crippen LogP contribution in [0.1, 0.15) is 45.2 Å². The number of sulfonamides is 1. The van der Waals surface area contributed by atoms with Gasteiger partial charge in [0.2, 0.25) is 10.0 Å². The van der Waals surface area contributed by atoms with Crippen LogP contribution >= 0.6 is 0 Å². The minimum absolute atomic E-state index is 0.00648. The number of allylic oxidation sites excluding steroid dienone is 1. The third kappa shape index (κ3) is 5.43. The molecule has 0 bridgehead atoms. The fraction of sp³-hybridized carbons (Fsp3) is 0.500. The van der Waals surface area contributed by atoms with Gasteiger partial charge in [-0.15, -0.1) is 0 Å². The van der Waals surface area contributed by atoms with Gasteiger partial charge in [-0.3, -0.25) is 4.98 Å². The zero-order valence-corrected chi connectivity index (χ0v) is 22.0. The highest BCUT2D eigenvalue weighted by Crippen LogP contribution is 2.52. The van der Waals surface area contributed by atoms with Crippen molar-refractivity contribution in [2.45, 2.75) is 56.9 Å². The Balaban J connectivity index is 1.37. The van der Waals surface area contributed by atoms with Crippen LogP contribution < -0.4 is 10.0 Å². The van der Waals surface area contributed by atoms with E-state index in [1.807, 2.05) is 31.2 Å². The minimum atomic E-state index is -3.39. The molecule has 1 saturated heterocycles. The first-order chi connectivity index (χ1) is 17.7. The van der Waals surface area contributed by atoms with Crippen molar-refractivity contribution in [1.82, 2.24) is 15.0 Å². The van der Waals surface area contributed by atoms with Crippen LogP contribution in [0.3, 0.4) is 0 Å². The number of aromatic nitrogens is 1. The van der Waals surface area contributed by atoms with E-state index in [0.29, 0.717) is 18.9 Å². The Morgan fingerprint density at radius 2 is 2.05 bits per heavy atom. The molecule has 2 heterocycles. The summed E-state index contributed by atoms with van der Waals surface area (Å²) in [5.41, 5.74) is 2.38. The highest BCUT2D eigenvalue weighted by molar-refractivity contribution is 7.90. The number of rotatable bonds is 5. The molecular formula is C28H34FN3O4S. The number of hydrogen-bond acceptors (Lipinski definition) is 5. The van der Waals surface area contributed by atoms with Crippen LogP contribution in [0.15, 0.2) is 48.7 Å². The van der Waals surface area contributed by atoms with Crippen LogP contribution in [0.5, 0.6) is 0 Å². The third-order valence-corrected chi connectivity index (χ3v) is 10.3. The number of alkyl carbamates (subject to hydrolysis) is 1. The Labute approximate surface area is 218 Å². The summed E-state index contributed by atoms with van der Waals surface area (Å²) in [6.45, 7) is 4.06. The number of hydrogen-bond donors (Lipinski definition) is 2. The summed E-state index contributed by atoms with van der Waals surface area (Å²) in [6, 6.07) is 10.1. The maximum absolute atomic E-state index is 13.6. The average molecular weight is 528 g/mol. The van der Waals surface area contributed by atoms with Gasteiger partial charge in [0.05, 0.1) is 17.6 Å². The smallest absolute Gasteiger partial charge is 0.407 e. The predicted molar refractivity (Wildman–Crippen MR) is 140 cm³/mol. The number of halogens is 1. The molecule has 37 heavy (non-hydrogen) atoms. The summed E-state index contributed by atoms with van der Waals surface area (Å²) in [4.78, 5) is 16.5. The maximum Gasteiger partial charge on any atom is 0.407 e. The van der Waals surface area contributed by atoms with Crippen molar-refractivity contribution in [3.05, 3.63) is 60.2 Å². The van der Waals surface area contributed by atoms with Crippen LogP contribution in [-0.2, 0) is 14.8 Å². The molecule has 5 rings (SSSR count). The highest BCUT2D eigenvalue weighted by Gasteiger charge is 2.55. The van der Waals surface area contributed by atoms with Gasteiger partial charge in [-0.25, -0.2) is 22.3 Å². The number of carbonyl (C=O) groups is 1. The van der Waals surface area contributed by atoms with Crippen LogP contribution in [0.4, 0.5) is 9.18 Å². The van der Waals surface area contributed by atoms with Gasteiger partial charge in [0, 0.05) is 23.8 Å². The van der Waals surface area contributed by atoms with E-state index in [1.54, 1.807) is 19.2 Å². The van der Waals surface area contributed by atoms with E-state index < -0.39 is 21.4 Å². The summed E-state index contributed by atoms with van der Waals surface area (Å²) in [7, 11) is -3.39. The number of pyridine rings is 1. The lowest BCUT2D eigenvalue weighted by molar-refractivity contribution is 0.0651. The maximum atomic E-state index is 13.6. The second kappa shape index (κ2) is 10.5. The Morgan fingerprint density at radius 3 is 2.78 bits per heavy atom. The van der Waals surface area contributed by atoms with Gasteiger partial charge in [0.25, 0.3) is 0 Å². The normalized spacial score (nSPS) is 32.5. The van der Waals surface area contributed by atoms with Gasteiger partial charge in [0.1, 0.15) is 5.82 Å². The summed E-state index contributed by atoms with van der Waals surface area (Å²) in [5, 5.41) is 2.52. The Kier molecular flexibility index (Phi) is 7.36. The fourth-order valence-corrected chi connectivity index (χ4v) is 8.94. The fourth-order valence-electron chi connectivity index (χ4n) is 6.76. The van der Waals surface area contributed by atoms with Crippen molar-refractivity contribution >= 4 is 22.2 Å². The van der Waals surface area contributed by atoms with E-state index >= 15 is 0 Å². The first kappa shape index (κ1) is 25.9. The lowest BCUT2D eigenvalue weighted by Gasteiger charge is -2.48. The molecule has 1 aromatic carbocycles. The van der Waals surface area contributed by atoms with E-state index in [0.717, 1.165) is 36.1 Å². The van der Waals surface area contributed by atoms with E-state index in [2.05, 4.69) is 21.1 Å². The molecule has 0 radical (unpaired) electrons. The first-order valence-corrected chi connectivity index (χ1v) is 14.6. The lowest BCUT2D eigenvalue weighted by Crippen LogP contribution is -2.50. The van der Waals surface area contributed by atoms with E-state index in [4.69, 9.17) is 4.74 Å². The van der Waals surface area contributed by atoms with Crippen LogP contribution in [-0.4, -0.2) is 43.4 Å². The van der Waals surface area contributed by atoms with Crippen molar-refractivity contribution < 1.29 is 22.3 Å². The monoisotopic (exact) mass is 527 g/mol. The second-order valence-corrected chi connectivity index (χ2v) is 12.5. The average Bonchev–Trinajstić information content (AvgIpc) is 3.09. The summed E-state index contributed by atoms with van der Waals surface area (Å²) in [5.74, 6) is 0.313. The molecule has 2 aliphatic carbocycles. The quantitative estimate of drug-likeness (QED) is 0.585. The van der Waals surface area contributed by atoms with E-state index in [9.17, 15) is 17.6 Å². The SMILES string of the molecule is CCOC(=O)N[C@H]1CC[C@@H]2[C@@H](C1)C[C@@H]1[C@H]([C@H]2/C=C/c2ccc(-c3cccc(F)c3)cn2)[C@@H](C)NS1(=O)=O. The third-order valence-electron chi connectivity index (χ3n) is 8.30. The lowest BCUT2D eigenvalue weighted by atomic mass is 9.59. The van der Waals surface area contributed by atoms with Gasteiger partial charge < -0.3 is 10.1 Å². The molecule has 0 spiro atoms. The Morgan fingerprint density at radius 1 is 1.22 bits per heavy atom. The molecule has 1 amide bonds. The zero-order valence-electron chi connectivity index (χ0n) is 21.1. The highest BCUT2D eigenvalue weighted by atomic mass is 32.2. The van der Waals surface area contributed by atoms with Crippen molar-refractivity contribution in [3.8, 4) is 11.1 Å². The molecular weight excluding hydrogens is 493 g/mol. The van der Waals surface area contributed by atoms with Crippen LogP contribution in [0.25, 0.3) is 17.2 Å². The topological polar surface area (TPSA) is 97.4 Å². The van der Waals surface area contributed by atoms with Gasteiger partial charge in [-0.2, -0.15) is 0 Å². The molecule has 3 aliphatic rings. The van der Waals surface area contributed by atoms with E-state index in [1.165, 1.54) is 12.1 Å². The van der Waals surface area contributed by atoms with E-state index in [-0.39, 0.29) is 35.7 Å². The van der Waals surface area contributed by atoms with Crippen molar-refractivity contribution in [2.75, 3.05) is 6.61 Å². The molecule has 2 aromatic rings. The molecule has 2 saturated carbocycles. The molecule has 7 atom stereocenters. The van der Waals surface area contributed by atoms with Crippen molar-refractivity contribution in [3.63, 3.8) is 0 Å². The standard InChI is InChI=1S/C28H34FN3O4S/c1-3-36-28(33)31-23-10-11-24-20(14-23)15-26-27(17(2)32-37(26,34)35)25(24)12-9-22-8-7-19(16-30-22)18-5-4-6-21(29)13-18/h4-9,12-13,16-17,20,23-27,32H,3,10-11,14-15H2,1-2H3,(H,31,33)/b12-9+/t17-,20+,23+,24-,25+,26-,27+/m1/s1. The second-order valence-electron chi connectivity index (χ2n) is 10.5. The zero-order chi connectivity index (χ0) is 26.2. The number of nitrogens with zero attached hydrogens (tertiary/aromatic N) is 1. The van der Waals surface area contributed by atoms with Gasteiger partial charge in [-0.1, -0.05) is 24.3 Å². The molecule has 9 heteroatoms. The number of fused-ring (bicyclic) bond motifs is 2. The molecule has 7 nitrogen and oxygen atoms in total. The number of benzene rings is 1. The van der Waals surface area contributed by atoms with Gasteiger partial charge in [-0.05, 0) is 93.0 Å². The van der Waals surface area contributed by atoms with Crippen LogP contribution in [0.2, 0.25) is 0 Å². The molecule has 198 valence electrons. The molecule has 2 N–H and O–H groups in total. The number of ether oxygens (including phenoxy) is 1.